The zero-order valence-electron chi connectivity index (χ0n) is 17.9. The van der Waals surface area contributed by atoms with Gasteiger partial charge in [0.2, 0.25) is 11.8 Å². The van der Waals surface area contributed by atoms with Crippen molar-refractivity contribution in [3.05, 3.63) is 66.4 Å². The fourth-order valence-electron chi connectivity index (χ4n) is 4.86. The molecule has 1 unspecified atom stereocenters. The predicted molar refractivity (Wildman–Crippen MR) is 122 cm³/mol. The van der Waals surface area contributed by atoms with Crippen molar-refractivity contribution >= 4 is 40.0 Å². The van der Waals surface area contributed by atoms with Gasteiger partial charge in [-0.05, 0) is 44.0 Å². The van der Waals surface area contributed by atoms with Crippen LogP contribution in [-0.2, 0) is 9.59 Å². The smallest absolute Gasteiger partial charge is 0.257 e. The molecule has 2 aromatic carbocycles. The van der Waals surface area contributed by atoms with Crippen molar-refractivity contribution in [2.24, 2.45) is 0 Å². The quantitative estimate of drug-likeness (QED) is 0.667. The number of nitrogens with zero attached hydrogens (tertiary/aromatic N) is 3. The molecule has 0 radical (unpaired) electrons. The van der Waals surface area contributed by atoms with Crippen LogP contribution in [0, 0.1) is 0 Å². The fourth-order valence-corrected chi connectivity index (χ4v) is 4.86. The first-order valence-electron chi connectivity index (χ1n) is 10.9. The third-order valence-electron chi connectivity index (χ3n) is 6.44. The zero-order chi connectivity index (χ0) is 22.3. The standard InChI is InChI=1S/C25H24N4O3/c1-25-14-13-22(31)29(25)20-11-3-2-9-18(20)24(32)28(25)16-6-12-21(30)27-19-10-4-7-17-8-5-15-26-23(17)19/h2-5,7-11,15H,6,12-14,16H2,1H3,(H,27,30). The summed E-state index contributed by atoms with van der Waals surface area (Å²) >= 11 is 0. The number of anilines is 2. The van der Waals surface area contributed by atoms with Gasteiger partial charge in [-0.2, -0.15) is 0 Å². The SMILES string of the molecule is CC12CCC(=O)N1c1ccccc1C(=O)N2CCCC(=O)Nc1cccc2cccnc12. The highest BCUT2D eigenvalue weighted by molar-refractivity contribution is 6.10. The molecule has 3 aromatic rings. The third kappa shape index (κ3) is 3.21. The average molecular weight is 428 g/mol. The van der Waals surface area contributed by atoms with E-state index in [-0.39, 0.29) is 24.1 Å². The molecule has 0 spiro atoms. The van der Waals surface area contributed by atoms with Crippen molar-refractivity contribution in [1.29, 1.82) is 0 Å². The van der Waals surface area contributed by atoms with E-state index in [1.165, 1.54) is 0 Å². The Morgan fingerprint density at radius 1 is 1.09 bits per heavy atom. The molecule has 3 heterocycles. The minimum absolute atomic E-state index is 0.0265. The predicted octanol–water partition coefficient (Wildman–Crippen LogP) is 3.95. The summed E-state index contributed by atoms with van der Waals surface area (Å²) in [4.78, 5) is 46.4. The Morgan fingerprint density at radius 3 is 2.78 bits per heavy atom. The molecule has 1 N–H and O–H groups in total. The topological polar surface area (TPSA) is 82.6 Å². The number of fused-ring (bicyclic) bond motifs is 4. The van der Waals surface area contributed by atoms with Crippen LogP contribution in [0.5, 0.6) is 0 Å². The molecule has 1 saturated heterocycles. The Balaban J connectivity index is 1.30. The van der Waals surface area contributed by atoms with E-state index in [2.05, 4.69) is 10.3 Å². The highest BCUT2D eigenvalue weighted by Gasteiger charge is 2.52. The van der Waals surface area contributed by atoms with Gasteiger partial charge >= 0.3 is 0 Å². The van der Waals surface area contributed by atoms with Crippen LogP contribution < -0.4 is 10.2 Å². The zero-order valence-corrected chi connectivity index (χ0v) is 17.9. The summed E-state index contributed by atoms with van der Waals surface area (Å²) in [6.45, 7) is 2.34. The van der Waals surface area contributed by atoms with Crippen LogP contribution >= 0.6 is 0 Å². The fraction of sp³-hybridized carbons (Fsp3) is 0.280. The number of rotatable bonds is 5. The van der Waals surface area contributed by atoms with Gasteiger partial charge in [0, 0.05) is 31.0 Å². The van der Waals surface area contributed by atoms with Crippen molar-refractivity contribution in [3.63, 3.8) is 0 Å². The maximum atomic E-state index is 13.3. The van der Waals surface area contributed by atoms with Crippen molar-refractivity contribution in [1.82, 2.24) is 9.88 Å². The minimum Gasteiger partial charge on any atom is -0.324 e. The van der Waals surface area contributed by atoms with Crippen LogP contribution in [0.4, 0.5) is 11.4 Å². The van der Waals surface area contributed by atoms with Gasteiger partial charge in [-0.25, -0.2) is 0 Å². The molecule has 0 bridgehead atoms. The maximum Gasteiger partial charge on any atom is 0.257 e. The molecule has 2 aliphatic heterocycles. The third-order valence-corrected chi connectivity index (χ3v) is 6.44. The molecule has 1 aromatic heterocycles. The summed E-state index contributed by atoms with van der Waals surface area (Å²) in [6, 6.07) is 16.7. The average Bonchev–Trinajstić information content (AvgIpc) is 3.11. The van der Waals surface area contributed by atoms with Gasteiger partial charge in [-0.15, -0.1) is 0 Å². The number of carbonyl (C=O) groups excluding carboxylic acids is 3. The highest BCUT2D eigenvalue weighted by atomic mass is 16.2. The number of nitrogens with one attached hydrogen (secondary N) is 1. The first-order chi connectivity index (χ1) is 15.5. The molecule has 32 heavy (non-hydrogen) atoms. The lowest BCUT2D eigenvalue weighted by molar-refractivity contribution is -0.118. The van der Waals surface area contributed by atoms with Gasteiger partial charge < -0.3 is 10.2 Å². The van der Waals surface area contributed by atoms with Gasteiger partial charge in [0.25, 0.3) is 5.91 Å². The van der Waals surface area contributed by atoms with Gasteiger partial charge in [-0.1, -0.05) is 30.3 Å². The van der Waals surface area contributed by atoms with Crippen LogP contribution in [0.1, 0.15) is 43.0 Å². The number of benzene rings is 2. The summed E-state index contributed by atoms with van der Waals surface area (Å²) in [5, 5.41) is 3.90. The molecular formula is C25H24N4O3. The molecule has 7 heteroatoms. The Hall–Kier alpha value is -3.74. The first-order valence-corrected chi connectivity index (χ1v) is 10.9. The van der Waals surface area contributed by atoms with Crippen molar-refractivity contribution in [3.8, 4) is 0 Å². The Kier molecular flexibility index (Phi) is 4.89. The van der Waals surface area contributed by atoms with Crippen molar-refractivity contribution in [2.45, 2.75) is 38.3 Å². The monoisotopic (exact) mass is 428 g/mol. The Morgan fingerprint density at radius 2 is 1.91 bits per heavy atom. The molecule has 1 atom stereocenters. The largest absolute Gasteiger partial charge is 0.324 e. The van der Waals surface area contributed by atoms with Crippen LogP contribution in [0.3, 0.4) is 0 Å². The van der Waals surface area contributed by atoms with Crippen LogP contribution in [0.15, 0.2) is 60.8 Å². The molecule has 7 nitrogen and oxygen atoms in total. The molecule has 5 rings (SSSR count). The number of pyridine rings is 1. The van der Waals surface area contributed by atoms with E-state index in [0.717, 1.165) is 10.9 Å². The van der Waals surface area contributed by atoms with Gasteiger partial charge in [0.1, 0.15) is 5.66 Å². The number of amides is 3. The Bertz CT molecular complexity index is 1240. The number of hydrogen-bond acceptors (Lipinski definition) is 4. The molecular weight excluding hydrogens is 404 g/mol. The van der Waals surface area contributed by atoms with Crippen LogP contribution in [0.25, 0.3) is 10.9 Å². The second kappa shape index (κ2) is 7.75. The van der Waals surface area contributed by atoms with E-state index in [1.807, 2.05) is 55.5 Å². The van der Waals surface area contributed by atoms with E-state index in [9.17, 15) is 14.4 Å². The molecule has 162 valence electrons. The minimum atomic E-state index is -0.696. The molecule has 3 amide bonds. The van der Waals surface area contributed by atoms with Crippen LogP contribution in [0.2, 0.25) is 0 Å². The number of aromatic nitrogens is 1. The molecule has 0 saturated carbocycles. The van der Waals surface area contributed by atoms with Gasteiger partial charge in [0.15, 0.2) is 0 Å². The van der Waals surface area contributed by atoms with E-state index in [1.54, 1.807) is 22.1 Å². The van der Waals surface area contributed by atoms with Crippen molar-refractivity contribution < 1.29 is 14.4 Å². The Labute approximate surface area is 186 Å². The van der Waals surface area contributed by atoms with Gasteiger partial charge in [0.05, 0.1) is 22.5 Å². The number of carbonyl (C=O) groups is 3. The van der Waals surface area contributed by atoms with E-state index in [0.29, 0.717) is 42.7 Å². The lowest BCUT2D eigenvalue weighted by atomic mass is 9.98. The van der Waals surface area contributed by atoms with E-state index < -0.39 is 5.66 Å². The highest BCUT2D eigenvalue weighted by Crippen LogP contribution is 2.44. The summed E-state index contributed by atoms with van der Waals surface area (Å²) < 4.78 is 0. The second-order valence-electron chi connectivity index (χ2n) is 8.45. The molecule has 0 aliphatic carbocycles. The lowest BCUT2D eigenvalue weighted by Crippen LogP contribution is -2.62. The van der Waals surface area contributed by atoms with E-state index in [4.69, 9.17) is 0 Å². The second-order valence-corrected chi connectivity index (χ2v) is 8.45. The first kappa shape index (κ1) is 20.2. The van der Waals surface area contributed by atoms with E-state index >= 15 is 0 Å². The maximum absolute atomic E-state index is 13.3. The summed E-state index contributed by atoms with van der Waals surface area (Å²) in [5.41, 5.74) is 1.94. The van der Waals surface area contributed by atoms with Crippen molar-refractivity contribution in [2.75, 3.05) is 16.8 Å². The van der Waals surface area contributed by atoms with Crippen LogP contribution in [-0.4, -0.2) is 39.8 Å². The summed E-state index contributed by atoms with van der Waals surface area (Å²) in [5.74, 6) is -0.191. The van der Waals surface area contributed by atoms with Gasteiger partial charge in [-0.3, -0.25) is 24.3 Å². The number of hydrogen-bond donors (Lipinski definition) is 1. The number of para-hydroxylation sites is 2. The lowest BCUT2D eigenvalue weighted by Gasteiger charge is -2.48. The summed E-state index contributed by atoms with van der Waals surface area (Å²) in [6.07, 6.45) is 3.45. The normalized spacial score (nSPS) is 19.8. The molecule has 2 aliphatic rings. The molecule has 1 fully saturated rings. The summed E-state index contributed by atoms with van der Waals surface area (Å²) in [7, 11) is 0.